The predicted molar refractivity (Wildman–Crippen MR) is 50.9 cm³/mol. The van der Waals surface area contributed by atoms with Gasteiger partial charge in [-0.15, -0.1) is 0 Å². The third kappa shape index (κ3) is 1.56. The van der Waals surface area contributed by atoms with Crippen LogP contribution in [0.15, 0.2) is 27.3 Å². The van der Waals surface area contributed by atoms with Crippen LogP contribution in [0.4, 0.5) is 0 Å². The van der Waals surface area contributed by atoms with E-state index in [1.165, 1.54) is 6.07 Å². The maximum Gasteiger partial charge on any atom is 0.356 e. The molecule has 2 N–H and O–H groups in total. The van der Waals surface area contributed by atoms with E-state index in [1.54, 1.807) is 12.1 Å². The van der Waals surface area contributed by atoms with Crippen molar-refractivity contribution in [3.8, 4) is 11.5 Å². The minimum atomic E-state index is -1.07. The second-order valence-electron chi connectivity index (χ2n) is 2.58. The van der Waals surface area contributed by atoms with Crippen LogP contribution in [0.5, 0.6) is 0 Å². The lowest BCUT2D eigenvalue weighted by Gasteiger charge is -1.86. The van der Waals surface area contributed by atoms with Crippen LogP contribution >= 0.6 is 15.9 Å². The van der Waals surface area contributed by atoms with Crippen LogP contribution < -0.4 is 0 Å². The molecular weight excluding hydrogens is 252 g/mol. The SMILES string of the molecule is O=C(O)c1cc(-c2ccc(Br)o2)[nH]n1. The van der Waals surface area contributed by atoms with E-state index in [0.29, 0.717) is 16.1 Å². The highest BCUT2D eigenvalue weighted by molar-refractivity contribution is 9.10. The zero-order valence-corrected chi connectivity index (χ0v) is 8.41. The lowest BCUT2D eigenvalue weighted by atomic mass is 10.3. The number of aromatic amines is 1. The summed E-state index contributed by atoms with van der Waals surface area (Å²) in [4.78, 5) is 10.5. The molecule has 5 nitrogen and oxygen atoms in total. The number of hydrogen-bond donors (Lipinski definition) is 2. The highest BCUT2D eigenvalue weighted by Crippen LogP contribution is 2.23. The lowest BCUT2D eigenvalue weighted by molar-refractivity contribution is 0.0690. The van der Waals surface area contributed by atoms with Crippen molar-refractivity contribution in [2.75, 3.05) is 0 Å². The van der Waals surface area contributed by atoms with Gasteiger partial charge in [0.15, 0.2) is 16.1 Å². The molecular formula is C8H5BrN2O3. The summed E-state index contributed by atoms with van der Waals surface area (Å²) in [5.41, 5.74) is 0.501. The molecule has 2 aromatic rings. The van der Waals surface area contributed by atoms with Crippen molar-refractivity contribution in [2.45, 2.75) is 0 Å². The van der Waals surface area contributed by atoms with Gasteiger partial charge < -0.3 is 9.52 Å². The maximum atomic E-state index is 10.5. The fourth-order valence-electron chi connectivity index (χ4n) is 1.02. The number of hydrogen-bond acceptors (Lipinski definition) is 3. The van der Waals surface area contributed by atoms with Crippen molar-refractivity contribution in [3.63, 3.8) is 0 Å². The first-order valence-corrected chi connectivity index (χ1v) is 4.50. The van der Waals surface area contributed by atoms with Gasteiger partial charge in [-0.05, 0) is 28.1 Å². The van der Waals surface area contributed by atoms with Crippen LogP contribution in [0, 0.1) is 0 Å². The minimum Gasteiger partial charge on any atom is -0.476 e. The molecule has 0 amide bonds. The van der Waals surface area contributed by atoms with Crippen molar-refractivity contribution in [1.29, 1.82) is 0 Å². The first-order chi connectivity index (χ1) is 6.66. The second-order valence-corrected chi connectivity index (χ2v) is 3.36. The van der Waals surface area contributed by atoms with Gasteiger partial charge in [0.1, 0.15) is 5.69 Å². The molecule has 0 bridgehead atoms. The number of H-pyrrole nitrogens is 1. The third-order valence-electron chi connectivity index (χ3n) is 1.64. The van der Waals surface area contributed by atoms with Gasteiger partial charge >= 0.3 is 5.97 Å². The summed E-state index contributed by atoms with van der Waals surface area (Å²) in [5.74, 6) is -0.532. The largest absolute Gasteiger partial charge is 0.476 e. The van der Waals surface area contributed by atoms with Crippen molar-refractivity contribution >= 4 is 21.9 Å². The smallest absolute Gasteiger partial charge is 0.356 e. The molecule has 0 saturated heterocycles. The number of halogens is 1. The number of nitrogens with one attached hydrogen (secondary N) is 1. The molecule has 0 unspecified atom stereocenters. The summed E-state index contributed by atoms with van der Waals surface area (Å²) in [6.45, 7) is 0. The molecule has 0 spiro atoms. The Morgan fingerprint density at radius 2 is 2.36 bits per heavy atom. The van der Waals surface area contributed by atoms with Crippen LogP contribution in [-0.4, -0.2) is 21.3 Å². The summed E-state index contributed by atoms with van der Waals surface area (Å²) in [6.07, 6.45) is 0. The van der Waals surface area contributed by atoms with E-state index in [0.717, 1.165) is 0 Å². The third-order valence-corrected chi connectivity index (χ3v) is 2.06. The number of furan rings is 1. The zero-order chi connectivity index (χ0) is 10.1. The quantitative estimate of drug-likeness (QED) is 0.863. The van der Waals surface area contributed by atoms with E-state index >= 15 is 0 Å². The fraction of sp³-hybridized carbons (Fsp3) is 0. The second kappa shape index (κ2) is 3.30. The number of nitrogens with zero attached hydrogens (tertiary/aromatic N) is 1. The van der Waals surface area contributed by atoms with Gasteiger partial charge in [0, 0.05) is 6.07 Å². The van der Waals surface area contributed by atoms with Gasteiger partial charge in [0.25, 0.3) is 0 Å². The van der Waals surface area contributed by atoms with E-state index in [1.807, 2.05) is 0 Å². The van der Waals surface area contributed by atoms with Gasteiger partial charge in [-0.25, -0.2) is 4.79 Å². The van der Waals surface area contributed by atoms with E-state index in [4.69, 9.17) is 9.52 Å². The molecule has 0 aromatic carbocycles. The summed E-state index contributed by atoms with van der Waals surface area (Å²) >= 11 is 3.15. The topological polar surface area (TPSA) is 79.1 Å². The molecule has 2 rings (SSSR count). The average molecular weight is 257 g/mol. The maximum absolute atomic E-state index is 10.5. The van der Waals surface area contributed by atoms with Gasteiger partial charge in [-0.3, -0.25) is 5.10 Å². The van der Waals surface area contributed by atoms with E-state index < -0.39 is 5.97 Å². The number of carbonyl (C=O) groups is 1. The van der Waals surface area contributed by atoms with Crippen LogP contribution in [-0.2, 0) is 0 Å². The monoisotopic (exact) mass is 256 g/mol. The minimum absolute atomic E-state index is 0.0347. The molecule has 0 aliphatic rings. The average Bonchev–Trinajstić information content (AvgIpc) is 2.70. The van der Waals surface area contributed by atoms with Crippen molar-refractivity contribution < 1.29 is 14.3 Å². The molecule has 6 heteroatoms. The first kappa shape index (κ1) is 9.01. The summed E-state index contributed by atoms with van der Waals surface area (Å²) < 4.78 is 5.80. The molecule has 14 heavy (non-hydrogen) atoms. The first-order valence-electron chi connectivity index (χ1n) is 3.71. The van der Waals surface area contributed by atoms with E-state index in [-0.39, 0.29) is 5.69 Å². The van der Waals surface area contributed by atoms with Gasteiger partial charge in [0.2, 0.25) is 0 Å². The molecule has 0 aliphatic carbocycles. The Kier molecular flexibility index (Phi) is 2.12. The molecule has 0 atom stereocenters. The number of carboxylic acid groups (broad SMARTS) is 1. The molecule has 0 radical (unpaired) electrons. The van der Waals surface area contributed by atoms with Crippen LogP contribution in [0.2, 0.25) is 0 Å². The highest BCUT2D eigenvalue weighted by atomic mass is 79.9. The van der Waals surface area contributed by atoms with E-state index in [2.05, 4.69) is 26.1 Å². The van der Waals surface area contributed by atoms with Crippen molar-refractivity contribution in [1.82, 2.24) is 10.2 Å². The highest BCUT2D eigenvalue weighted by Gasteiger charge is 2.11. The number of aromatic nitrogens is 2. The molecule has 2 heterocycles. The Bertz CT molecular complexity index is 474. The van der Waals surface area contributed by atoms with E-state index in [9.17, 15) is 4.79 Å². The van der Waals surface area contributed by atoms with Crippen molar-refractivity contribution in [2.24, 2.45) is 0 Å². The number of carboxylic acids is 1. The standard InChI is InChI=1S/C8H5BrN2O3/c9-7-2-1-6(14-7)4-3-5(8(12)13)11-10-4/h1-3H,(H,10,11)(H,12,13). The number of aromatic carboxylic acids is 1. The molecule has 0 aliphatic heterocycles. The Morgan fingerprint density at radius 3 is 2.86 bits per heavy atom. The van der Waals surface area contributed by atoms with Gasteiger partial charge in [-0.1, -0.05) is 0 Å². The predicted octanol–water partition coefficient (Wildman–Crippen LogP) is 2.13. The Hall–Kier alpha value is -1.56. The Balaban J connectivity index is 2.38. The van der Waals surface area contributed by atoms with Crippen LogP contribution in [0.3, 0.4) is 0 Å². The van der Waals surface area contributed by atoms with Gasteiger partial charge in [-0.2, -0.15) is 5.10 Å². The zero-order valence-electron chi connectivity index (χ0n) is 6.82. The van der Waals surface area contributed by atoms with Crippen LogP contribution in [0.1, 0.15) is 10.5 Å². The molecule has 72 valence electrons. The Labute approximate surface area is 86.9 Å². The molecule has 0 saturated carbocycles. The van der Waals surface area contributed by atoms with Crippen molar-refractivity contribution in [3.05, 3.63) is 28.6 Å². The number of rotatable bonds is 2. The normalized spacial score (nSPS) is 10.4. The summed E-state index contributed by atoms with van der Waals surface area (Å²) in [7, 11) is 0. The summed E-state index contributed by atoms with van der Waals surface area (Å²) in [5, 5.41) is 14.8. The molecule has 2 aromatic heterocycles. The fourth-order valence-corrected chi connectivity index (χ4v) is 1.32. The lowest BCUT2D eigenvalue weighted by Crippen LogP contribution is -1.95. The van der Waals surface area contributed by atoms with Gasteiger partial charge in [0.05, 0.1) is 0 Å². The van der Waals surface area contributed by atoms with Crippen LogP contribution in [0.25, 0.3) is 11.5 Å². The Morgan fingerprint density at radius 1 is 1.57 bits per heavy atom. The molecule has 0 fully saturated rings. The summed E-state index contributed by atoms with van der Waals surface area (Å²) in [6, 6.07) is 4.84.